The molecule has 2 aromatic rings. The van der Waals surface area contributed by atoms with Crippen LogP contribution in [0.2, 0.25) is 0 Å². The molecule has 0 amide bonds. The fourth-order valence-corrected chi connectivity index (χ4v) is 1.17. The van der Waals surface area contributed by atoms with E-state index in [1.165, 1.54) is 0 Å². The average Bonchev–Trinajstić information content (AvgIpc) is 2.62. The second-order valence-corrected chi connectivity index (χ2v) is 2.70. The topological polar surface area (TPSA) is 111 Å². The van der Waals surface area contributed by atoms with E-state index >= 15 is 0 Å². The van der Waals surface area contributed by atoms with Crippen LogP contribution in [0.25, 0.3) is 5.65 Å². The molecule has 0 bridgehead atoms. The number of carboxylic acids is 1. The molecule has 2 rings (SSSR count). The molecule has 0 spiro atoms. The van der Waals surface area contributed by atoms with Crippen LogP contribution in [0.1, 0.15) is 10.4 Å². The van der Waals surface area contributed by atoms with E-state index in [1.807, 2.05) is 0 Å². The summed E-state index contributed by atoms with van der Waals surface area (Å²) in [5.41, 5.74) is -0.514. The van der Waals surface area contributed by atoms with E-state index in [-0.39, 0.29) is 16.9 Å². The third-order valence-corrected chi connectivity index (χ3v) is 1.80. The third kappa shape index (κ3) is 1.37. The Bertz CT molecular complexity index is 561. The number of hydrogen-bond acceptors (Lipinski definition) is 5. The summed E-state index contributed by atoms with van der Waals surface area (Å²) in [6.45, 7) is 0. The van der Waals surface area contributed by atoms with Gasteiger partial charge in [-0.3, -0.25) is 10.1 Å². The third-order valence-electron chi connectivity index (χ3n) is 1.80. The first-order chi connectivity index (χ1) is 7.09. The smallest absolute Gasteiger partial charge is 0.339 e. The van der Waals surface area contributed by atoms with E-state index in [4.69, 9.17) is 5.11 Å². The highest BCUT2D eigenvalue weighted by Crippen LogP contribution is 2.16. The van der Waals surface area contributed by atoms with Gasteiger partial charge in [-0.2, -0.15) is 5.10 Å². The van der Waals surface area contributed by atoms with Crippen molar-refractivity contribution in [2.24, 2.45) is 0 Å². The van der Waals surface area contributed by atoms with Crippen LogP contribution in [0, 0.1) is 10.1 Å². The normalized spacial score (nSPS) is 10.4. The maximum atomic E-state index is 10.8. The van der Waals surface area contributed by atoms with Crippen molar-refractivity contribution >= 4 is 17.3 Å². The molecule has 0 atom stereocenters. The van der Waals surface area contributed by atoms with Crippen LogP contribution >= 0.6 is 0 Å². The highest BCUT2D eigenvalue weighted by atomic mass is 16.6. The number of nitrogens with zero attached hydrogens (tertiary/aromatic N) is 4. The molecule has 15 heavy (non-hydrogen) atoms. The second kappa shape index (κ2) is 3.01. The van der Waals surface area contributed by atoms with Crippen molar-refractivity contribution < 1.29 is 14.8 Å². The highest BCUT2D eigenvalue weighted by molar-refractivity contribution is 5.94. The number of hydrogen-bond donors (Lipinski definition) is 1. The molecular formula is C7H4N4O4. The van der Waals surface area contributed by atoms with Crippen LogP contribution in [0.4, 0.5) is 5.69 Å². The molecule has 2 heterocycles. The van der Waals surface area contributed by atoms with E-state index in [1.54, 1.807) is 0 Å². The van der Waals surface area contributed by atoms with Crippen LogP contribution in [0.15, 0.2) is 18.6 Å². The first-order valence-corrected chi connectivity index (χ1v) is 3.80. The van der Waals surface area contributed by atoms with Crippen molar-refractivity contribution in [1.29, 1.82) is 0 Å². The Morgan fingerprint density at radius 1 is 1.60 bits per heavy atom. The van der Waals surface area contributed by atoms with E-state index < -0.39 is 10.9 Å². The Kier molecular flexibility index (Phi) is 1.82. The molecular weight excluding hydrogens is 204 g/mol. The number of carboxylic acid groups (broad SMARTS) is 1. The summed E-state index contributed by atoms with van der Waals surface area (Å²) in [4.78, 5) is 24.3. The highest BCUT2D eigenvalue weighted by Gasteiger charge is 2.17. The Morgan fingerprint density at radius 2 is 2.33 bits per heavy atom. The fourth-order valence-electron chi connectivity index (χ4n) is 1.17. The molecule has 0 aliphatic carbocycles. The summed E-state index contributed by atoms with van der Waals surface area (Å²) in [6.07, 6.45) is 2.24. The van der Waals surface area contributed by atoms with Crippen molar-refractivity contribution in [2.75, 3.05) is 0 Å². The molecule has 0 aliphatic heterocycles. The van der Waals surface area contributed by atoms with Gasteiger partial charge in [0.05, 0.1) is 4.92 Å². The predicted octanol–water partition coefficient (Wildman–Crippen LogP) is 0.336. The molecule has 0 unspecified atom stereocenters. The quantitative estimate of drug-likeness (QED) is 0.562. The van der Waals surface area contributed by atoms with E-state index in [0.29, 0.717) is 0 Å². The summed E-state index contributed by atoms with van der Waals surface area (Å²) in [5.74, 6) is -1.28. The van der Waals surface area contributed by atoms with Crippen LogP contribution < -0.4 is 0 Å². The zero-order valence-electron chi connectivity index (χ0n) is 7.19. The Hall–Kier alpha value is -2.51. The summed E-state index contributed by atoms with van der Waals surface area (Å²) in [7, 11) is 0. The van der Waals surface area contributed by atoms with Gasteiger partial charge < -0.3 is 5.11 Å². The molecule has 76 valence electrons. The standard InChI is InChI=1S/C7H4N4O4/c12-7(13)5-1-4(11(14)15)2-10-6(5)8-3-9-10/h1-3H,(H,12,13). The molecule has 1 N–H and O–H groups in total. The van der Waals surface area contributed by atoms with Gasteiger partial charge in [-0.25, -0.2) is 14.3 Å². The van der Waals surface area contributed by atoms with Gasteiger partial charge >= 0.3 is 5.97 Å². The van der Waals surface area contributed by atoms with Gasteiger partial charge in [-0.15, -0.1) is 0 Å². The van der Waals surface area contributed by atoms with Crippen LogP contribution in [-0.2, 0) is 0 Å². The van der Waals surface area contributed by atoms with Crippen molar-refractivity contribution in [3.05, 3.63) is 34.3 Å². The van der Waals surface area contributed by atoms with Crippen LogP contribution in [0.3, 0.4) is 0 Å². The van der Waals surface area contributed by atoms with Crippen molar-refractivity contribution in [3.63, 3.8) is 0 Å². The van der Waals surface area contributed by atoms with Crippen molar-refractivity contribution in [3.8, 4) is 0 Å². The molecule has 0 fully saturated rings. The van der Waals surface area contributed by atoms with Gasteiger partial charge in [0.1, 0.15) is 18.1 Å². The number of aromatic carboxylic acids is 1. The Balaban J connectivity index is 2.80. The lowest BCUT2D eigenvalue weighted by Crippen LogP contribution is -2.03. The average molecular weight is 208 g/mol. The number of pyridine rings is 1. The molecule has 0 radical (unpaired) electrons. The second-order valence-electron chi connectivity index (χ2n) is 2.70. The minimum Gasteiger partial charge on any atom is -0.478 e. The number of aromatic nitrogens is 3. The lowest BCUT2D eigenvalue weighted by molar-refractivity contribution is -0.385. The van der Waals surface area contributed by atoms with Gasteiger partial charge in [-0.1, -0.05) is 0 Å². The number of fused-ring (bicyclic) bond motifs is 1. The van der Waals surface area contributed by atoms with Crippen LogP contribution in [-0.4, -0.2) is 30.6 Å². The van der Waals surface area contributed by atoms with Gasteiger partial charge in [0.2, 0.25) is 0 Å². The van der Waals surface area contributed by atoms with Gasteiger partial charge in [-0.05, 0) is 0 Å². The minimum absolute atomic E-state index is 0.0769. The maximum Gasteiger partial charge on any atom is 0.339 e. The number of nitro groups is 1. The monoisotopic (exact) mass is 208 g/mol. The zero-order valence-corrected chi connectivity index (χ0v) is 7.19. The molecule has 2 aromatic heterocycles. The number of carbonyl (C=O) groups is 1. The SMILES string of the molecule is O=C(O)c1cc([N+](=O)[O-])cn2ncnc12. The van der Waals surface area contributed by atoms with E-state index in [2.05, 4.69) is 10.1 Å². The molecule has 0 aromatic carbocycles. The van der Waals surface area contributed by atoms with Crippen molar-refractivity contribution in [2.45, 2.75) is 0 Å². The molecule has 0 saturated heterocycles. The molecule has 0 saturated carbocycles. The Morgan fingerprint density at radius 3 is 2.93 bits per heavy atom. The Labute approximate surface area is 81.9 Å². The summed E-state index contributed by atoms with van der Waals surface area (Å²) < 4.78 is 1.06. The van der Waals surface area contributed by atoms with Gasteiger partial charge in [0.25, 0.3) is 5.69 Å². The largest absolute Gasteiger partial charge is 0.478 e. The fraction of sp³-hybridized carbons (Fsp3) is 0. The maximum absolute atomic E-state index is 10.8. The van der Waals surface area contributed by atoms with Crippen molar-refractivity contribution in [1.82, 2.24) is 14.6 Å². The molecule has 0 aliphatic rings. The number of rotatable bonds is 2. The van der Waals surface area contributed by atoms with E-state index in [0.717, 1.165) is 23.1 Å². The first kappa shape index (κ1) is 9.06. The summed E-state index contributed by atoms with van der Waals surface area (Å²) in [5, 5.41) is 22.9. The van der Waals surface area contributed by atoms with Crippen LogP contribution in [0.5, 0.6) is 0 Å². The van der Waals surface area contributed by atoms with E-state index in [9.17, 15) is 14.9 Å². The molecule has 8 heteroatoms. The summed E-state index contributed by atoms with van der Waals surface area (Å²) in [6, 6.07) is 0.951. The predicted molar refractivity (Wildman–Crippen MR) is 46.6 cm³/mol. The zero-order chi connectivity index (χ0) is 11.0. The van der Waals surface area contributed by atoms with Gasteiger partial charge in [0, 0.05) is 6.07 Å². The lowest BCUT2D eigenvalue weighted by Gasteiger charge is -1.97. The minimum atomic E-state index is -1.28. The van der Waals surface area contributed by atoms with Gasteiger partial charge in [0.15, 0.2) is 5.65 Å². The lowest BCUT2D eigenvalue weighted by atomic mass is 10.2. The first-order valence-electron chi connectivity index (χ1n) is 3.80. The summed E-state index contributed by atoms with van der Waals surface area (Å²) >= 11 is 0. The molecule has 8 nitrogen and oxygen atoms in total.